The van der Waals surface area contributed by atoms with E-state index in [4.69, 9.17) is 0 Å². The van der Waals surface area contributed by atoms with Crippen molar-refractivity contribution in [2.24, 2.45) is 5.92 Å². The lowest BCUT2D eigenvalue weighted by molar-refractivity contribution is -0.124. The monoisotopic (exact) mass is 404 g/mol. The molecule has 0 bridgehead atoms. The van der Waals surface area contributed by atoms with Crippen LogP contribution in [0.1, 0.15) is 17.5 Å². The maximum atomic E-state index is 12.4. The van der Waals surface area contributed by atoms with Crippen LogP contribution in [0.5, 0.6) is 0 Å². The third-order valence-corrected chi connectivity index (χ3v) is 5.14. The molecule has 2 amide bonds. The first-order chi connectivity index (χ1) is 13.2. The van der Waals surface area contributed by atoms with Gasteiger partial charge in [-0.25, -0.2) is 0 Å². The molecule has 150 valence electrons. The molecule has 2 rings (SSSR count). The molecule has 1 atom stereocenters. The van der Waals surface area contributed by atoms with Crippen molar-refractivity contribution in [2.45, 2.75) is 19.8 Å². The highest BCUT2D eigenvalue weighted by Crippen LogP contribution is 2.37. The number of para-hydroxylation sites is 1. The zero-order chi connectivity index (χ0) is 20.6. The van der Waals surface area contributed by atoms with Gasteiger partial charge >= 0.3 is 7.60 Å². The van der Waals surface area contributed by atoms with Crippen LogP contribution in [-0.4, -0.2) is 34.3 Å². The minimum atomic E-state index is -4.36. The smallest absolute Gasteiger partial charge is 0.326 e. The molecular formula is C20H25N2O5P. The fraction of sp³-hybridized carbons (Fsp3) is 0.300. The van der Waals surface area contributed by atoms with Gasteiger partial charge in [-0.2, -0.15) is 0 Å². The van der Waals surface area contributed by atoms with E-state index in [0.717, 1.165) is 11.1 Å². The van der Waals surface area contributed by atoms with Crippen LogP contribution in [-0.2, 0) is 20.6 Å². The molecule has 4 N–H and O–H groups in total. The summed E-state index contributed by atoms with van der Waals surface area (Å²) in [5.41, 5.74) is 2.46. The number of aryl methyl sites for hydroxylation is 1. The van der Waals surface area contributed by atoms with Crippen LogP contribution in [0, 0.1) is 12.8 Å². The number of carbonyl (C=O) groups is 2. The first-order valence-corrected chi connectivity index (χ1v) is 10.8. The first-order valence-electron chi connectivity index (χ1n) is 8.96. The molecule has 2 aromatic rings. The van der Waals surface area contributed by atoms with Crippen molar-refractivity contribution in [3.8, 4) is 0 Å². The fourth-order valence-corrected chi connectivity index (χ4v) is 3.66. The second-order valence-electron chi connectivity index (χ2n) is 6.64. The van der Waals surface area contributed by atoms with Crippen molar-refractivity contribution in [1.29, 1.82) is 0 Å². The van der Waals surface area contributed by atoms with E-state index < -0.39 is 25.6 Å². The van der Waals surface area contributed by atoms with Crippen LogP contribution in [0.25, 0.3) is 0 Å². The minimum Gasteiger partial charge on any atom is -0.355 e. The Hall–Kier alpha value is -2.47. The third-order valence-electron chi connectivity index (χ3n) is 4.22. The van der Waals surface area contributed by atoms with Gasteiger partial charge in [0.2, 0.25) is 11.8 Å². The van der Waals surface area contributed by atoms with Gasteiger partial charge in [0.25, 0.3) is 0 Å². The average molecular weight is 404 g/mol. The predicted octanol–water partition coefficient (Wildman–Crippen LogP) is 2.48. The van der Waals surface area contributed by atoms with Crippen molar-refractivity contribution in [2.75, 3.05) is 18.0 Å². The van der Waals surface area contributed by atoms with Crippen molar-refractivity contribution in [3.05, 3.63) is 65.7 Å². The number of rotatable bonds is 9. The van der Waals surface area contributed by atoms with Crippen LogP contribution in [0.3, 0.4) is 0 Å². The third kappa shape index (κ3) is 7.64. The van der Waals surface area contributed by atoms with Crippen LogP contribution in [0.15, 0.2) is 54.6 Å². The molecule has 2 aromatic carbocycles. The zero-order valence-electron chi connectivity index (χ0n) is 15.7. The molecule has 28 heavy (non-hydrogen) atoms. The number of hydrogen-bond donors (Lipinski definition) is 4. The topological polar surface area (TPSA) is 116 Å². The molecule has 0 aliphatic carbocycles. The number of benzene rings is 2. The molecule has 8 heteroatoms. The van der Waals surface area contributed by atoms with Crippen LogP contribution in [0.4, 0.5) is 5.69 Å². The Morgan fingerprint density at radius 2 is 1.68 bits per heavy atom. The van der Waals surface area contributed by atoms with Gasteiger partial charge in [-0.15, -0.1) is 0 Å². The Morgan fingerprint density at radius 1 is 1.04 bits per heavy atom. The number of carbonyl (C=O) groups excluding carboxylic acids is 2. The van der Waals surface area contributed by atoms with E-state index in [2.05, 4.69) is 10.6 Å². The second-order valence-corrected chi connectivity index (χ2v) is 8.33. The Kier molecular flexibility index (Phi) is 7.93. The van der Waals surface area contributed by atoms with E-state index >= 15 is 0 Å². The summed E-state index contributed by atoms with van der Waals surface area (Å²) in [6.07, 6.45) is -0.260. The number of anilines is 1. The Morgan fingerprint density at radius 3 is 2.32 bits per heavy atom. The quantitative estimate of drug-likeness (QED) is 0.479. The van der Waals surface area contributed by atoms with Gasteiger partial charge in [-0.1, -0.05) is 48.5 Å². The summed E-state index contributed by atoms with van der Waals surface area (Å²) in [7, 11) is -4.36. The summed E-state index contributed by atoms with van der Waals surface area (Å²) in [6, 6.07) is 16.4. The number of amides is 2. The minimum absolute atomic E-state index is 0.0635. The van der Waals surface area contributed by atoms with E-state index in [9.17, 15) is 23.9 Å². The Labute approximate surface area is 164 Å². The van der Waals surface area contributed by atoms with Crippen molar-refractivity contribution >= 4 is 25.1 Å². The van der Waals surface area contributed by atoms with E-state index in [0.29, 0.717) is 5.69 Å². The van der Waals surface area contributed by atoms with E-state index in [1.165, 1.54) is 0 Å². The molecule has 0 spiro atoms. The maximum absolute atomic E-state index is 12.4. The second kappa shape index (κ2) is 10.2. The summed E-state index contributed by atoms with van der Waals surface area (Å²) < 4.78 is 11.4. The lowest BCUT2D eigenvalue weighted by Crippen LogP contribution is -2.35. The standard InChI is InChI=1S/C20H25N2O5P/c1-15-7-5-6-10-18(15)22-19(23)11-12-21-20(24)17(14-28(25,26)27)13-16-8-3-2-4-9-16/h2-10,17H,11-14H2,1H3,(H,21,24)(H,22,23)(H2,25,26,27). The molecule has 0 heterocycles. The predicted molar refractivity (Wildman–Crippen MR) is 108 cm³/mol. The summed E-state index contributed by atoms with van der Waals surface area (Å²) in [4.78, 5) is 43.1. The molecular weight excluding hydrogens is 379 g/mol. The highest BCUT2D eigenvalue weighted by Gasteiger charge is 2.27. The van der Waals surface area contributed by atoms with Crippen molar-refractivity contribution in [3.63, 3.8) is 0 Å². The molecule has 0 aromatic heterocycles. The number of hydrogen-bond acceptors (Lipinski definition) is 3. The van der Waals surface area contributed by atoms with Gasteiger partial charge < -0.3 is 20.4 Å². The zero-order valence-corrected chi connectivity index (χ0v) is 16.6. The highest BCUT2D eigenvalue weighted by molar-refractivity contribution is 7.51. The summed E-state index contributed by atoms with van der Waals surface area (Å²) in [6.45, 7) is 1.97. The molecule has 0 aliphatic rings. The van der Waals surface area contributed by atoms with Crippen LogP contribution < -0.4 is 10.6 Å². The lowest BCUT2D eigenvalue weighted by atomic mass is 10.0. The first kappa shape index (κ1) is 21.8. The Bertz CT molecular complexity index is 851. The molecule has 0 radical (unpaired) electrons. The maximum Gasteiger partial charge on any atom is 0.326 e. The molecule has 1 unspecified atom stereocenters. The molecule has 0 saturated heterocycles. The summed E-state index contributed by atoms with van der Waals surface area (Å²) in [5, 5.41) is 5.39. The number of nitrogens with one attached hydrogen (secondary N) is 2. The van der Waals surface area contributed by atoms with Crippen LogP contribution in [0.2, 0.25) is 0 Å². The summed E-state index contributed by atoms with van der Waals surface area (Å²) >= 11 is 0. The van der Waals surface area contributed by atoms with Gasteiger partial charge in [0.1, 0.15) is 0 Å². The molecule has 0 aliphatic heterocycles. The molecule has 0 fully saturated rings. The van der Waals surface area contributed by atoms with Crippen LogP contribution >= 0.6 is 7.60 Å². The SMILES string of the molecule is Cc1ccccc1NC(=O)CCNC(=O)C(Cc1ccccc1)CP(=O)(O)O. The highest BCUT2D eigenvalue weighted by atomic mass is 31.2. The van der Waals surface area contributed by atoms with Gasteiger partial charge in [0, 0.05) is 18.7 Å². The van der Waals surface area contributed by atoms with E-state index in [1.54, 1.807) is 30.3 Å². The van der Waals surface area contributed by atoms with Gasteiger partial charge in [-0.3, -0.25) is 14.2 Å². The summed E-state index contributed by atoms with van der Waals surface area (Å²) in [5.74, 6) is -1.59. The van der Waals surface area contributed by atoms with E-state index in [-0.39, 0.29) is 25.3 Å². The molecule has 0 saturated carbocycles. The largest absolute Gasteiger partial charge is 0.355 e. The van der Waals surface area contributed by atoms with Gasteiger partial charge in [-0.05, 0) is 30.5 Å². The normalized spacial score (nSPS) is 12.2. The lowest BCUT2D eigenvalue weighted by Gasteiger charge is -2.17. The van der Waals surface area contributed by atoms with Crippen molar-refractivity contribution < 1.29 is 23.9 Å². The Balaban J connectivity index is 1.89. The fourth-order valence-electron chi connectivity index (χ4n) is 2.80. The van der Waals surface area contributed by atoms with E-state index in [1.807, 2.05) is 31.2 Å². The van der Waals surface area contributed by atoms with Gasteiger partial charge in [0.05, 0.1) is 12.1 Å². The molecule has 7 nitrogen and oxygen atoms in total. The van der Waals surface area contributed by atoms with Crippen molar-refractivity contribution in [1.82, 2.24) is 5.32 Å². The van der Waals surface area contributed by atoms with Gasteiger partial charge in [0.15, 0.2) is 0 Å². The average Bonchev–Trinajstić information content (AvgIpc) is 2.63.